The third kappa shape index (κ3) is 5.09. The van der Waals surface area contributed by atoms with E-state index >= 15 is 0 Å². The monoisotopic (exact) mass is 363 g/mol. The van der Waals surface area contributed by atoms with Gasteiger partial charge in [0.15, 0.2) is 0 Å². The highest BCUT2D eigenvalue weighted by Crippen LogP contribution is 2.15. The van der Waals surface area contributed by atoms with Crippen molar-refractivity contribution in [1.82, 2.24) is 14.5 Å². The van der Waals surface area contributed by atoms with Gasteiger partial charge in [-0.15, -0.1) is 0 Å². The number of carbonyl (C=O) groups excluding carboxylic acids is 1. The van der Waals surface area contributed by atoms with Crippen molar-refractivity contribution in [3.63, 3.8) is 0 Å². The molecule has 8 heteroatoms. The van der Waals surface area contributed by atoms with Gasteiger partial charge in [0.05, 0.1) is 12.1 Å². The van der Waals surface area contributed by atoms with Crippen LogP contribution in [-0.4, -0.2) is 28.2 Å². The molecule has 0 bridgehead atoms. The van der Waals surface area contributed by atoms with E-state index < -0.39 is 11.2 Å². The summed E-state index contributed by atoms with van der Waals surface area (Å²) < 4.78 is 7.71. The molecule has 132 valence electrons. The lowest BCUT2D eigenvalue weighted by Gasteiger charge is -2.06. The van der Waals surface area contributed by atoms with Crippen LogP contribution in [0, 0.1) is 0 Å². The fourth-order valence-electron chi connectivity index (χ4n) is 2.05. The van der Waals surface area contributed by atoms with Crippen LogP contribution in [0.2, 0.25) is 5.02 Å². The molecule has 25 heavy (non-hydrogen) atoms. The van der Waals surface area contributed by atoms with E-state index in [1.165, 1.54) is 37.0 Å². The average molecular weight is 364 g/mol. The summed E-state index contributed by atoms with van der Waals surface area (Å²) >= 11 is 5.78. The number of nitrogens with zero attached hydrogens (tertiary/aromatic N) is 2. The number of amides is 1. The van der Waals surface area contributed by atoms with Crippen molar-refractivity contribution >= 4 is 23.6 Å². The number of carbonyl (C=O) groups is 1. The molecule has 1 aromatic carbocycles. The predicted octanol–water partition coefficient (Wildman–Crippen LogP) is 0.946. The zero-order valence-electron chi connectivity index (χ0n) is 13.9. The summed E-state index contributed by atoms with van der Waals surface area (Å²) in [5.74, 6) is 0.290. The van der Waals surface area contributed by atoms with Crippen LogP contribution in [0.3, 0.4) is 0 Å². The van der Waals surface area contributed by atoms with Crippen molar-refractivity contribution in [3.8, 4) is 5.75 Å². The van der Waals surface area contributed by atoms with Crippen LogP contribution in [-0.2, 0) is 18.9 Å². The van der Waals surface area contributed by atoms with E-state index in [1.807, 2.05) is 0 Å². The van der Waals surface area contributed by atoms with Gasteiger partial charge in [-0.2, -0.15) is 0 Å². The van der Waals surface area contributed by atoms with E-state index in [4.69, 9.17) is 16.3 Å². The number of nitrogens with one attached hydrogen (secondary N) is 1. The highest BCUT2D eigenvalue weighted by molar-refractivity contribution is 6.30. The number of benzene rings is 1. The van der Waals surface area contributed by atoms with Gasteiger partial charge in [0.2, 0.25) is 5.91 Å². The highest BCUT2D eigenvalue weighted by Gasteiger charge is 2.04. The normalized spacial score (nSPS) is 10.8. The molecular weight excluding hydrogens is 346 g/mol. The maximum Gasteiger partial charge on any atom is 0.330 e. The first-order valence-electron chi connectivity index (χ1n) is 7.49. The SMILES string of the molecule is Cn1cc(/C=C/C(=O)NCCOc2ccc(Cl)cc2)c(=O)n(C)c1=O. The van der Waals surface area contributed by atoms with Crippen LogP contribution >= 0.6 is 11.6 Å². The molecule has 1 N–H and O–H groups in total. The number of hydrogen-bond acceptors (Lipinski definition) is 4. The van der Waals surface area contributed by atoms with Crippen molar-refractivity contribution < 1.29 is 9.53 Å². The molecule has 0 atom stereocenters. The van der Waals surface area contributed by atoms with E-state index in [-0.39, 0.29) is 11.5 Å². The van der Waals surface area contributed by atoms with Crippen LogP contribution in [0.25, 0.3) is 6.08 Å². The Labute approximate surface area is 149 Å². The predicted molar refractivity (Wildman–Crippen MR) is 95.9 cm³/mol. The molecular formula is C17H18ClN3O4. The summed E-state index contributed by atoms with van der Waals surface area (Å²) in [6, 6.07) is 6.90. The van der Waals surface area contributed by atoms with Gasteiger partial charge < -0.3 is 14.6 Å². The molecule has 2 rings (SSSR count). The van der Waals surface area contributed by atoms with Crippen LogP contribution in [0.4, 0.5) is 0 Å². The number of ether oxygens (including phenoxy) is 1. The van der Waals surface area contributed by atoms with Gasteiger partial charge in [-0.3, -0.25) is 14.2 Å². The van der Waals surface area contributed by atoms with Crippen molar-refractivity contribution in [2.75, 3.05) is 13.2 Å². The van der Waals surface area contributed by atoms with E-state index in [0.717, 1.165) is 4.57 Å². The summed E-state index contributed by atoms with van der Waals surface area (Å²) in [5, 5.41) is 3.26. The Kier molecular flexibility index (Phi) is 6.19. The average Bonchev–Trinajstić information content (AvgIpc) is 2.60. The zero-order valence-corrected chi connectivity index (χ0v) is 14.6. The Morgan fingerprint density at radius 3 is 2.60 bits per heavy atom. The third-order valence-electron chi connectivity index (χ3n) is 3.37. The Morgan fingerprint density at radius 1 is 1.24 bits per heavy atom. The third-order valence-corrected chi connectivity index (χ3v) is 3.62. The molecule has 2 aromatic rings. The molecule has 0 unspecified atom stereocenters. The quantitative estimate of drug-likeness (QED) is 0.612. The first-order valence-corrected chi connectivity index (χ1v) is 7.87. The lowest BCUT2D eigenvalue weighted by Crippen LogP contribution is -2.37. The maximum atomic E-state index is 11.9. The molecule has 1 amide bonds. The Balaban J connectivity index is 1.86. The van der Waals surface area contributed by atoms with Crippen molar-refractivity contribution in [2.24, 2.45) is 14.1 Å². The van der Waals surface area contributed by atoms with Crippen molar-refractivity contribution in [1.29, 1.82) is 0 Å². The fraction of sp³-hybridized carbons (Fsp3) is 0.235. The van der Waals surface area contributed by atoms with Gasteiger partial charge in [0.1, 0.15) is 12.4 Å². The molecule has 0 fully saturated rings. The lowest BCUT2D eigenvalue weighted by atomic mass is 10.3. The first kappa shape index (κ1) is 18.5. The minimum Gasteiger partial charge on any atom is -0.492 e. The largest absolute Gasteiger partial charge is 0.492 e. The van der Waals surface area contributed by atoms with Crippen LogP contribution in [0.15, 0.2) is 46.1 Å². The summed E-state index contributed by atoms with van der Waals surface area (Å²) in [7, 11) is 2.92. The second kappa shape index (κ2) is 8.34. The Bertz CT molecular complexity index is 898. The van der Waals surface area contributed by atoms with E-state index in [1.54, 1.807) is 24.3 Å². The summed E-state index contributed by atoms with van der Waals surface area (Å²) in [5.41, 5.74) is -0.638. The van der Waals surface area contributed by atoms with E-state index in [9.17, 15) is 14.4 Å². The second-order valence-corrected chi connectivity index (χ2v) is 5.71. The smallest absolute Gasteiger partial charge is 0.330 e. The maximum absolute atomic E-state index is 11.9. The molecule has 1 aromatic heterocycles. The van der Waals surface area contributed by atoms with E-state index in [0.29, 0.717) is 23.9 Å². The van der Waals surface area contributed by atoms with E-state index in [2.05, 4.69) is 5.32 Å². The molecule has 0 spiro atoms. The zero-order chi connectivity index (χ0) is 18.4. The van der Waals surface area contributed by atoms with Crippen molar-refractivity contribution in [2.45, 2.75) is 0 Å². The van der Waals surface area contributed by atoms with Gasteiger partial charge in [0.25, 0.3) is 5.56 Å². The molecule has 1 heterocycles. The van der Waals surface area contributed by atoms with Gasteiger partial charge in [-0.05, 0) is 30.3 Å². The summed E-state index contributed by atoms with van der Waals surface area (Å²) in [4.78, 5) is 35.3. The lowest BCUT2D eigenvalue weighted by molar-refractivity contribution is -0.116. The number of aromatic nitrogens is 2. The molecule has 0 saturated carbocycles. The minimum atomic E-state index is -0.460. The second-order valence-electron chi connectivity index (χ2n) is 5.27. The van der Waals surface area contributed by atoms with Crippen LogP contribution < -0.4 is 21.3 Å². The van der Waals surface area contributed by atoms with Crippen molar-refractivity contribution in [3.05, 3.63) is 68.0 Å². The number of aryl methyl sites for hydroxylation is 1. The summed E-state index contributed by atoms with van der Waals surface area (Å²) in [6.45, 7) is 0.597. The Morgan fingerprint density at radius 2 is 1.92 bits per heavy atom. The number of rotatable bonds is 6. The standard InChI is InChI=1S/C17H18ClN3O4/c1-20-11-12(16(23)21(2)17(20)24)3-8-15(22)19-9-10-25-14-6-4-13(18)5-7-14/h3-8,11H,9-10H2,1-2H3,(H,19,22)/b8-3+. The minimum absolute atomic E-state index is 0.247. The van der Waals surface area contributed by atoms with Crippen LogP contribution in [0.5, 0.6) is 5.75 Å². The molecule has 0 aliphatic heterocycles. The van der Waals surface area contributed by atoms with Gasteiger partial charge >= 0.3 is 5.69 Å². The highest BCUT2D eigenvalue weighted by atomic mass is 35.5. The Hall–Kier alpha value is -2.80. The molecule has 0 radical (unpaired) electrons. The number of hydrogen-bond donors (Lipinski definition) is 1. The number of halogens is 1. The van der Waals surface area contributed by atoms with Gasteiger partial charge in [-0.25, -0.2) is 4.79 Å². The molecule has 0 aliphatic carbocycles. The molecule has 0 aliphatic rings. The first-order chi connectivity index (χ1) is 11.9. The molecule has 7 nitrogen and oxygen atoms in total. The van der Waals surface area contributed by atoms with Gasteiger partial charge in [0, 0.05) is 31.4 Å². The van der Waals surface area contributed by atoms with Gasteiger partial charge in [-0.1, -0.05) is 11.6 Å². The fourth-order valence-corrected chi connectivity index (χ4v) is 2.17. The molecule has 0 saturated heterocycles. The van der Waals surface area contributed by atoms with Crippen LogP contribution in [0.1, 0.15) is 5.56 Å². The summed E-state index contributed by atoms with van der Waals surface area (Å²) in [6.07, 6.45) is 4.00. The topological polar surface area (TPSA) is 82.3 Å².